The van der Waals surface area contributed by atoms with Crippen molar-refractivity contribution in [3.63, 3.8) is 0 Å². The molecule has 0 radical (unpaired) electrons. The summed E-state index contributed by atoms with van der Waals surface area (Å²) >= 11 is 0. The van der Waals surface area contributed by atoms with Crippen LogP contribution in [0.25, 0.3) is 0 Å². The number of alkyl halides is 1. The minimum atomic E-state index is -1.03. The standard InChI is InChI=1S/C11H18FNO3/c1-2-13(7-10(14)15)11(16)8-4-3-5-9(12)6-8/h8-9H,2-7H2,1H3,(H,14,15). The van der Waals surface area contributed by atoms with Crippen molar-refractivity contribution in [2.75, 3.05) is 13.1 Å². The lowest BCUT2D eigenvalue weighted by atomic mass is 9.87. The molecule has 0 aromatic heterocycles. The number of rotatable bonds is 4. The average Bonchev–Trinajstić information content (AvgIpc) is 2.24. The number of hydrogen-bond donors (Lipinski definition) is 1. The van der Waals surface area contributed by atoms with E-state index in [1.807, 2.05) is 0 Å². The Kier molecular flexibility index (Phi) is 4.71. The van der Waals surface area contributed by atoms with Crippen LogP contribution < -0.4 is 0 Å². The van der Waals surface area contributed by atoms with Gasteiger partial charge in [0.05, 0.1) is 0 Å². The number of carbonyl (C=O) groups excluding carboxylic acids is 1. The fraction of sp³-hybridized carbons (Fsp3) is 0.818. The second-order valence-electron chi connectivity index (χ2n) is 4.21. The van der Waals surface area contributed by atoms with Crippen molar-refractivity contribution in [2.24, 2.45) is 5.92 Å². The van der Waals surface area contributed by atoms with Crippen molar-refractivity contribution in [3.05, 3.63) is 0 Å². The van der Waals surface area contributed by atoms with Gasteiger partial charge in [0, 0.05) is 12.5 Å². The third-order valence-electron chi connectivity index (χ3n) is 2.98. The van der Waals surface area contributed by atoms with Gasteiger partial charge in [-0.2, -0.15) is 0 Å². The molecule has 2 unspecified atom stereocenters. The summed E-state index contributed by atoms with van der Waals surface area (Å²) in [6, 6.07) is 0. The van der Waals surface area contributed by atoms with Gasteiger partial charge < -0.3 is 10.0 Å². The van der Waals surface area contributed by atoms with Crippen LogP contribution in [-0.2, 0) is 9.59 Å². The van der Waals surface area contributed by atoms with Crippen LogP contribution in [-0.4, -0.2) is 41.1 Å². The Labute approximate surface area is 94.4 Å². The molecule has 1 aliphatic rings. The SMILES string of the molecule is CCN(CC(=O)O)C(=O)C1CCCC(F)C1. The Morgan fingerprint density at radius 2 is 2.12 bits per heavy atom. The molecule has 0 aromatic carbocycles. The number of carboxylic acids is 1. The lowest BCUT2D eigenvalue weighted by Gasteiger charge is -2.28. The van der Waals surface area contributed by atoms with Gasteiger partial charge in [0.2, 0.25) is 5.91 Å². The summed E-state index contributed by atoms with van der Waals surface area (Å²) in [6.45, 7) is 1.80. The molecule has 1 rings (SSSR count). The van der Waals surface area contributed by atoms with E-state index in [9.17, 15) is 14.0 Å². The van der Waals surface area contributed by atoms with Gasteiger partial charge in [-0.15, -0.1) is 0 Å². The fourth-order valence-electron chi connectivity index (χ4n) is 2.12. The summed E-state index contributed by atoms with van der Waals surface area (Å²) in [4.78, 5) is 23.7. The summed E-state index contributed by atoms with van der Waals surface area (Å²) < 4.78 is 13.1. The van der Waals surface area contributed by atoms with E-state index in [1.165, 1.54) is 4.90 Å². The molecular weight excluding hydrogens is 213 g/mol. The number of hydrogen-bond acceptors (Lipinski definition) is 2. The van der Waals surface area contributed by atoms with Crippen molar-refractivity contribution >= 4 is 11.9 Å². The number of likely N-dealkylation sites (N-methyl/N-ethyl adjacent to an activating group) is 1. The highest BCUT2D eigenvalue weighted by Crippen LogP contribution is 2.27. The van der Waals surface area contributed by atoms with Crippen LogP contribution in [0, 0.1) is 5.92 Å². The van der Waals surface area contributed by atoms with Gasteiger partial charge in [-0.1, -0.05) is 0 Å². The largest absolute Gasteiger partial charge is 0.480 e. The van der Waals surface area contributed by atoms with Gasteiger partial charge in [-0.05, 0) is 32.6 Å². The minimum Gasteiger partial charge on any atom is -0.480 e. The first-order valence-corrected chi connectivity index (χ1v) is 5.69. The molecule has 0 aromatic rings. The van der Waals surface area contributed by atoms with E-state index in [1.54, 1.807) is 6.92 Å². The zero-order valence-corrected chi connectivity index (χ0v) is 9.49. The van der Waals surface area contributed by atoms with Crippen LogP contribution >= 0.6 is 0 Å². The maximum atomic E-state index is 13.1. The van der Waals surface area contributed by atoms with Gasteiger partial charge in [0.25, 0.3) is 0 Å². The molecule has 1 amide bonds. The number of carbonyl (C=O) groups is 2. The molecule has 0 spiro atoms. The van der Waals surface area contributed by atoms with Crippen LogP contribution in [0.4, 0.5) is 4.39 Å². The molecule has 1 fully saturated rings. The Bertz CT molecular complexity index is 270. The molecule has 2 atom stereocenters. The number of amides is 1. The second-order valence-corrected chi connectivity index (χ2v) is 4.21. The molecule has 0 aliphatic heterocycles. The van der Waals surface area contributed by atoms with Crippen molar-refractivity contribution in [1.82, 2.24) is 4.90 Å². The number of nitrogens with zero attached hydrogens (tertiary/aromatic N) is 1. The fourth-order valence-corrected chi connectivity index (χ4v) is 2.12. The van der Waals surface area contributed by atoms with Gasteiger partial charge >= 0.3 is 5.97 Å². The van der Waals surface area contributed by atoms with E-state index >= 15 is 0 Å². The van der Waals surface area contributed by atoms with Gasteiger partial charge in [-0.3, -0.25) is 9.59 Å². The summed E-state index contributed by atoms with van der Waals surface area (Å²) in [7, 11) is 0. The second kappa shape index (κ2) is 5.82. The Morgan fingerprint density at radius 1 is 1.44 bits per heavy atom. The molecule has 1 N–H and O–H groups in total. The highest BCUT2D eigenvalue weighted by Gasteiger charge is 2.30. The van der Waals surface area contributed by atoms with Gasteiger partial charge in [-0.25, -0.2) is 4.39 Å². The summed E-state index contributed by atoms with van der Waals surface area (Å²) in [5, 5.41) is 8.65. The van der Waals surface area contributed by atoms with Gasteiger partial charge in [0.15, 0.2) is 0 Å². The molecule has 16 heavy (non-hydrogen) atoms. The zero-order chi connectivity index (χ0) is 12.1. The van der Waals surface area contributed by atoms with Crippen molar-refractivity contribution < 1.29 is 19.1 Å². The highest BCUT2D eigenvalue weighted by molar-refractivity contribution is 5.83. The smallest absolute Gasteiger partial charge is 0.323 e. The van der Waals surface area contributed by atoms with E-state index in [0.29, 0.717) is 25.8 Å². The maximum absolute atomic E-state index is 13.1. The molecule has 0 bridgehead atoms. The Balaban J connectivity index is 2.56. The summed E-state index contributed by atoms with van der Waals surface area (Å²) in [6.07, 6.45) is 1.24. The normalized spacial score (nSPS) is 25.1. The highest BCUT2D eigenvalue weighted by atomic mass is 19.1. The first-order valence-electron chi connectivity index (χ1n) is 5.69. The first-order chi connectivity index (χ1) is 7.54. The first kappa shape index (κ1) is 12.9. The Morgan fingerprint density at radius 3 is 2.62 bits per heavy atom. The van der Waals surface area contributed by atoms with E-state index in [0.717, 1.165) is 0 Å². The molecule has 0 saturated heterocycles. The number of carboxylic acid groups (broad SMARTS) is 1. The third kappa shape index (κ3) is 3.47. The predicted octanol–water partition coefficient (Wildman–Crippen LogP) is 1.45. The van der Waals surface area contributed by atoms with Crippen molar-refractivity contribution in [2.45, 2.75) is 38.8 Å². The van der Waals surface area contributed by atoms with Gasteiger partial charge in [0.1, 0.15) is 12.7 Å². The van der Waals surface area contributed by atoms with Crippen LogP contribution in [0.3, 0.4) is 0 Å². The maximum Gasteiger partial charge on any atom is 0.323 e. The topological polar surface area (TPSA) is 57.6 Å². The molecule has 92 valence electrons. The Hall–Kier alpha value is -1.13. The van der Waals surface area contributed by atoms with Crippen LogP contribution in [0.2, 0.25) is 0 Å². The number of halogens is 1. The van der Waals surface area contributed by atoms with Crippen LogP contribution in [0.5, 0.6) is 0 Å². The average molecular weight is 231 g/mol. The van der Waals surface area contributed by atoms with Crippen molar-refractivity contribution in [3.8, 4) is 0 Å². The van der Waals surface area contributed by atoms with Crippen molar-refractivity contribution in [1.29, 1.82) is 0 Å². The lowest BCUT2D eigenvalue weighted by molar-refractivity contribution is -0.147. The molecule has 5 heteroatoms. The zero-order valence-electron chi connectivity index (χ0n) is 9.49. The summed E-state index contributed by atoms with van der Waals surface area (Å²) in [5.41, 5.74) is 0. The number of aliphatic carboxylic acids is 1. The van der Waals surface area contributed by atoms with E-state index in [-0.39, 0.29) is 24.8 Å². The van der Waals surface area contributed by atoms with E-state index in [4.69, 9.17) is 5.11 Å². The molecule has 0 heterocycles. The molecule has 4 nitrogen and oxygen atoms in total. The van der Waals surface area contributed by atoms with E-state index < -0.39 is 12.1 Å². The molecule has 1 aliphatic carbocycles. The minimum absolute atomic E-state index is 0.216. The third-order valence-corrected chi connectivity index (χ3v) is 2.98. The predicted molar refractivity (Wildman–Crippen MR) is 56.7 cm³/mol. The quantitative estimate of drug-likeness (QED) is 0.796. The van der Waals surface area contributed by atoms with Crippen LogP contribution in [0.15, 0.2) is 0 Å². The van der Waals surface area contributed by atoms with E-state index in [2.05, 4.69) is 0 Å². The molecule has 1 saturated carbocycles. The molecular formula is C11H18FNO3. The van der Waals surface area contributed by atoms with Crippen LogP contribution in [0.1, 0.15) is 32.6 Å². The monoisotopic (exact) mass is 231 g/mol. The lowest BCUT2D eigenvalue weighted by Crippen LogP contribution is -2.41. The summed E-state index contributed by atoms with van der Waals surface area (Å²) in [5.74, 6) is -1.57.